The van der Waals surface area contributed by atoms with Crippen LogP contribution in [-0.2, 0) is 20.9 Å². The Morgan fingerprint density at radius 1 is 1.42 bits per heavy atom. The van der Waals surface area contributed by atoms with E-state index in [1.165, 1.54) is 7.11 Å². The summed E-state index contributed by atoms with van der Waals surface area (Å²) in [5.74, 6) is -0.624. The van der Waals surface area contributed by atoms with Gasteiger partial charge in [-0.3, -0.25) is 4.90 Å². The monoisotopic (exact) mass is 335 g/mol. The SMILES string of the molecule is C=CCC[C@@]1(C(=O)OC)C[C@@H](F)CN1C(=O)OCc1ccccc1. The second-order valence-electron chi connectivity index (χ2n) is 5.80. The molecule has 0 unspecified atom stereocenters. The topological polar surface area (TPSA) is 55.8 Å². The lowest BCUT2D eigenvalue weighted by Crippen LogP contribution is -2.53. The van der Waals surface area contributed by atoms with Crippen molar-refractivity contribution in [1.82, 2.24) is 4.90 Å². The smallest absolute Gasteiger partial charge is 0.411 e. The highest BCUT2D eigenvalue weighted by Gasteiger charge is 2.54. The van der Waals surface area contributed by atoms with Crippen molar-refractivity contribution in [3.05, 3.63) is 48.6 Å². The Balaban J connectivity index is 2.15. The fourth-order valence-corrected chi connectivity index (χ4v) is 3.02. The summed E-state index contributed by atoms with van der Waals surface area (Å²) >= 11 is 0. The number of likely N-dealkylation sites (tertiary alicyclic amines) is 1. The molecule has 2 rings (SSSR count). The van der Waals surface area contributed by atoms with E-state index in [-0.39, 0.29) is 26.0 Å². The average Bonchev–Trinajstić information content (AvgIpc) is 2.95. The summed E-state index contributed by atoms with van der Waals surface area (Å²) in [6.45, 7) is 3.50. The molecule has 1 aromatic rings. The van der Waals surface area contributed by atoms with Crippen LogP contribution in [0.4, 0.5) is 9.18 Å². The van der Waals surface area contributed by atoms with Gasteiger partial charge in [-0.1, -0.05) is 36.4 Å². The number of carbonyl (C=O) groups is 2. The zero-order valence-corrected chi connectivity index (χ0v) is 13.7. The molecular weight excluding hydrogens is 313 g/mol. The predicted octanol–water partition coefficient (Wildman–Crippen LogP) is 3.25. The van der Waals surface area contributed by atoms with E-state index in [4.69, 9.17) is 9.47 Å². The molecule has 0 bridgehead atoms. The van der Waals surface area contributed by atoms with E-state index in [0.29, 0.717) is 6.42 Å². The van der Waals surface area contributed by atoms with Crippen molar-refractivity contribution in [2.75, 3.05) is 13.7 Å². The molecule has 1 heterocycles. The highest BCUT2D eigenvalue weighted by Crippen LogP contribution is 2.37. The number of allylic oxidation sites excluding steroid dienone is 1. The van der Waals surface area contributed by atoms with E-state index >= 15 is 0 Å². The zero-order chi connectivity index (χ0) is 17.6. The molecule has 0 N–H and O–H groups in total. The van der Waals surface area contributed by atoms with Gasteiger partial charge in [0.25, 0.3) is 0 Å². The number of nitrogens with zero attached hydrogens (tertiary/aromatic N) is 1. The van der Waals surface area contributed by atoms with E-state index in [0.717, 1.165) is 10.5 Å². The maximum atomic E-state index is 14.0. The largest absolute Gasteiger partial charge is 0.467 e. The Morgan fingerprint density at radius 3 is 2.75 bits per heavy atom. The first-order valence-corrected chi connectivity index (χ1v) is 7.85. The van der Waals surface area contributed by atoms with Gasteiger partial charge in [0.1, 0.15) is 18.3 Å². The summed E-state index contributed by atoms with van der Waals surface area (Å²) in [6, 6.07) is 9.16. The summed E-state index contributed by atoms with van der Waals surface area (Å²) in [5, 5.41) is 0. The van der Waals surface area contributed by atoms with Crippen LogP contribution < -0.4 is 0 Å². The number of esters is 1. The lowest BCUT2D eigenvalue weighted by Gasteiger charge is -2.34. The number of halogens is 1. The number of rotatable bonds is 6. The number of amides is 1. The van der Waals surface area contributed by atoms with Gasteiger partial charge in [-0.25, -0.2) is 14.0 Å². The lowest BCUT2D eigenvalue weighted by molar-refractivity contribution is -0.153. The first-order chi connectivity index (χ1) is 11.5. The Kier molecular flexibility index (Phi) is 5.95. The summed E-state index contributed by atoms with van der Waals surface area (Å²) in [7, 11) is 1.23. The lowest BCUT2D eigenvalue weighted by atomic mass is 9.90. The molecule has 1 aliphatic rings. The number of methoxy groups -OCH3 is 1. The van der Waals surface area contributed by atoms with Gasteiger partial charge in [-0.2, -0.15) is 0 Å². The predicted molar refractivity (Wildman–Crippen MR) is 87.0 cm³/mol. The first kappa shape index (κ1) is 18.0. The van der Waals surface area contributed by atoms with Gasteiger partial charge in [0, 0.05) is 6.42 Å². The van der Waals surface area contributed by atoms with E-state index in [9.17, 15) is 14.0 Å². The van der Waals surface area contributed by atoms with Crippen LogP contribution in [0.15, 0.2) is 43.0 Å². The summed E-state index contributed by atoms with van der Waals surface area (Å²) in [6.07, 6.45) is 0.248. The number of hydrogen-bond donors (Lipinski definition) is 0. The molecule has 1 aromatic carbocycles. The third-order valence-electron chi connectivity index (χ3n) is 4.21. The molecule has 1 amide bonds. The van der Waals surface area contributed by atoms with E-state index in [1.807, 2.05) is 30.3 Å². The zero-order valence-electron chi connectivity index (χ0n) is 13.7. The fraction of sp³-hybridized carbons (Fsp3) is 0.444. The molecule has 0 aliphatic carbocycles. The Bertz CT molecular complexity index is 592. The van der Waals surface area contributed by atoms with Crippen LogP contribution in [0.5, 0.6) is 0 Å². The van der Waals surface area contributed by atoms with Crippen molar-refractivity contribution in [3.63, 3.8) is 0 Å². The molecule has 130 valence electrons. The molecular formula is C18H22FNO4. The van der Waals surface area contributed by atoms with Crippen molar-refractivity contribution < 1.29 is 23.5 Å². The van der Waals surface area contributed by atoms with E-state index in [1.54, 1.807) is 6.08 Å². The van der Waals surface area contributed by atoms with Gasteiger partial charge in [0.2, 0.25) is 0 Å². The van der Waals surface area contributed by atoms with Crippen LogP contribution in [-0.4, -0.2) is 42.3 Å². The molecule has 0 radical (unpaired) electrons. The van der Waals surface area contributed by atoms with Gasteiger partial charge < -0.3 is 9.47 Å². The minimum Gasteiger partial charge on any atom is -0.467 e. The first-order valence-electron chi connectivity index (χ1n) is 7.85. The van der Waals surface area contributed by atoms with Gasteiger partial charge in [0.15, 0.2) is 0 Å². The Hall–Kier alpha value is -2.37. The third-order valence-corrected chi connectivity index (χ3v) is 4.21. The maximum absolute atomic E-state index is 14.0. The number of carbonyl (C=O) groups excluding carboxylic acids is 2. The van der Waals surface area contributed by atoms with Crippen molar-refractivity contribution >= 4 is 12.1 Å². The fourth-order valence-electron chi connectivity index (χ4n) is 3.02. The third kappa shape index (κ3) is 3.75. The standard InChI is InChI=1S/C18H22FNO4/c1-3-4-10-18(16(21)23-2)11-15(19)12-20(18)17(22)24-13-14-8-6-5-7-9-14/h3,5-9,15H,1,4,10-13H2,2H3/t15-,18+/m1/s1. The van der Waals surface area contributed by atoms with Crippen molar-refractivity contribution in [3.8, 4) is 0 Å². The van der Waals surface area contributed by atoms with Crippen molar-refractivity contribution in [2.45, 2.75) is 37.6 Å². The van der Waals surface area contributed by atoms with E-state index < -0.39 is 23.8 Å². The molecule has 2 atom stereocenters. The Morgan fingerprint density at radius 2 is 2.12 bits per heavy atom. The van der Waals surface area contributed by atoms with Crippen molar-refractivity contribution in [2.24, 2.45) is 0 Å². The molecule has 0 aromatic heterocycles. The summed E-state index contributed by atoms with van der Waals surface area (Å²) < 4.78 is 24.1. The number of ether oxygens (including phenoxy) is 2. The molecule has 0 saturated carbocycles. The molecule has 6 heteroatoms. The van der Waals surface area contributed by atoms with Gasteiger partial charge in [-0.05, 0) is 18.4 Å². The maximum Gasteiger partial charge on any atom is 0.411 e. The quantitative estimate of drug-likeness (QED) is 0.591. The van der Waals surface area contributed by atoms with Gasteiger partial charge in [-0.15, -0.1) is 6.58 Å². The molecule has 1 saturated heterocycles. The normalized spacial score (nSPS) is 22.9. The molecule has 1 aliphatic heterocycles. The second-order valence-corrected chi connectivity index (χ2v) is 5.80. The average molecular weight is 335 g/mol. The van der Waals surface area contributed by atoms with Crippen LogP contribution in [0, 0.1) is 0 Å². The van der Waals surface area contributed by atoms with Crippen molar-refractivity contribution in [1.29, 1.82) is 0 Å². The second kappa shape index (κ2) is 7.95. The summed E-state index contributed by atoms with van der Waals surface area (Å²) in [4.78, 5) is 25.9. The number of hydrogen-bond acceptors (Lipinski definition) is 4. The van der Waals surface area contributed by atoms with Crippen LogP contribution in [0.2, 0.25) is 0 Å². The van der Waals surface area contributed by atoms with Crippen LogP contribution >= 0.6 is 0 Å². The van der Waals surface area contributed by atoms with Crippen LogP contribution in [0.3, 0.4) is 0 Å². The molecule has 24 heavy (non-hydrogen) atoms. The molecule has 5 nitrogen and oxygen atoms in total. The highest BCUT2D eigenvalue weighted by atomic mass is 19.1. The highest BCUT2D eigenvalue weighted by molar-refractivity contribution is 5.86. The van der Waals surface area contributed by atoms with E-state index in [2.05, 4.69) is 6.58 Å². The van der Waals surface area contributed by atoms with Crippen LogP contribution in [0.1, 0.15) is 24.8 Å². The summed E-state index contributed by atoms with van der Waals surface area (Å²) in [5.41, 5.74) is -0.521. The van der Waals surface area contributed by atoms with Gasteiger partial charge in [0.05, 0.1) is 13.7 Å². The molecule has 0 spiro atoms. The molecule has 1 fully saturated rings. The van der Waals surface area contributed by atoms with Gasteiger partial charge >= 0.3 is 12.1 Å². The minimum absolute atomic E-state index is 0.0613. The Labute approximate surface area is 141 Å². The number of benzene rings is 1. The number of alkyl halides is 1. The minimum atomic E-state index is -1.34. The van der Waals surface area contributed by atoms with Crippen LogP contribution in [0.25, 0.3) is 0 Å².